The third-order valence-electron chi connectivity index (χ3n) is 0.847. The molecular formula is C5H6N4O2. The first-order chi connectivity index (χ1) is 5.29. The highest BCUT2D eigenvalue weighted by molar-refractivity contribution is 5.65. The summed E-state index contributed by atoms with van der Waals surface area (Å²) in [5, 5.41) is 8.15. The van der Waals surface area contributed by atoms with Gasteiger partial charge in [0, 0.05) is 12.4 Å². The summed E-state index contributed by atoms with van der Waals surface area (Å²) in [4.78, 5) is 17.3. The molecule has 0 atom stereocenters. The Kier molecular flexibility index (Phi) is 2.21. The van der Waals surface area contributed by atoms with Crippen LogP contribution in [0.4, 0.5) is 10.7 Å². The number of rotatable bonds is 2. The van der Waals surface area contributed by atoms with Gasteiger partial charge < -0.3 is 5.11 Å². The highest BCUT2D eigenvalue weighted by atomic mass is 16.4. The minimum absolute atomic E-state index is 0.218. The first-order valence-corrected chi connectivity index (χ1v) is 2.81. The van der Waals surface area contributed by atoms with Crippen molar-refractivity contribution >= 4 is 12.0 Å². The number of anilines is 1. The van der Waals surface area contributed by atoms with Crippen molar-refractivity contribution < 1.29 is 9.90 Å². The Morgan fingerprint density at radius 3 is 2.64 bits per heavy atom. The van der Waals surface area contributed by atoms with Gasteiger partial charge in [0.25, 0.3) is 0 Å². The first kappa shape index (κ1) is 7.26. The van der Waals surface area contributed by atoms with Gasteiger partial charge in [0.1, 0.15) is 0 Å². The van der Waals surface area contributed by atoms with E-state index < -0.39 is 6.09 Å². The molecule has 0 saturated heterocycles. The molecule has 3 N–H and O–H groups in total. The molecule has 1 aromatic heterocycles. The zero-order valence-electron chi connectivity index (χ0n) is 5.48. The smallest absolute Gasteiger partial charge is 0.423 e. The van der Waals surface area contributed by atoms with E-state index in [-0.39, 0.29) is 5.95 Å². The molecule has 1 rings (SSSR count). The Hall–Kier alpha value is -1.85. The van der Waals surface area contributed by atoms with E-state index in [9.17, 15) is 4.79 Å². The van der Waals surface area contributed by atoms with Crippen LogP contribution in [-0.4, -0.2) is 21.2 Å². The monoisotopic (exact) mass is 154 g/mol. The van der Waals surface area contributed by atoms with Gasteiger partial charge in [0.15, 0.2) is 0 Å². The second kappa shape index (κ2) is 3.35. The third kappa shape index (κ3) is 2.48. The van der Waals surface area contributed by atoms with Crippen LogP contribution in [0, 0.1) is 0 Å². The molecular weight excluding hydrogens is 148 g/mol. The van der Waals surface area contributed by atoms with Gasteiger partial charge in [0.2, 0.25) is 5.95 Å². The quantitative estimate of drug-likeness (QED) is 0.525. The summed E-state index contributed by atoms with van der Waals surface area (Å²) in [6, 6.07) is 1.63. The molecule has 0 spiro atoms. The lowest BCUT2D eigenvalue weighted by molar-refractivity contribution is 0.196. The maximum Gasteiger partial charge on any atom is 0.423 e. The van der Waals surface area contributed by atoms with Gasteiger partial charge >= 0.3 is 6.09 Å². The normalized spacial score (nSPS) is 8.73. The minimum Gasteiger partial charge on any atom is -0.464 e. The summed E-state index contributed by atoms with van der Waals surface area (Å²) in [7, 11) is 0. The Bertz CT molecular complexity index is 237. The lowest BCUT2D eigenvalue weighted by Crippen LogP contribution is -2.28. The molecule has 0 aliphatic carbocycles. The van der Waals surface area contributed by atoms with Crippen LogP contribution >= 0.6 is 0 Å². The van der Waals surface area contributed by atoms with Crippen LogP contribution in [0.3, 0.4) is 0 Å². The number of aromatic nitrogens is 2. The van der Waals surface area contributed by atoms with Crippen molar-refractivity contribution in [3.63, 3.8) is 0 Å². The maximum absolute atomic E-state index is 9.94. The second-order valence-corrected chi connectivity index (χ2v) is 1.63. The zero-order valence-corrected chi connectivity index (χ0v) is 5.48. The molecule has 0 aliphatic rings. The number of hydrazine groups is 1. The van der Waals surface area contributed by atoms with Gasteiger partial charge in [0.05, 0.1) is 0 Å². The number of nitrogens with zero attached hydrogens (tertiary/aromatic N) is 2. The van der Waals surface area contributed by atoms with Crippen LogP contribution in [0.15, 0.2) is 18.5 Å². The maximum atomic E-state index is 9.94. The number of carboxylic acid groups (broad SMARTS) is 1. The van der Waals surface area contributed by atoms with E-state index in [1.54, 1.807) is 6.07 Å². The summed E-state index contributed by atoms with van der Waals surface area (Å²) >= 11 is 0. The summed E-state index contributed by atoms with van der Waals surface area (Å²) in [6.45, 7) is 0. The molecule has 0 unspecified atom stereocenters. The van der Waals surface area contributed by atoms with E-state index in [1.165, 1.54) is 12.4 Å². The second-order valence-electron chi connectivity index (χ2n) is 1.63. The van der Waals surface area contributed by atoms with Crippen molar-refractivity contribution in [1.29, 1.82) is 0 Å². The average Bonchev–Trinajstić information content (AvgIpc) is 2.03. The molecule has 0 bridgehead atoms. The van der Waals surface area contributed by atoms with Crippen molar-refractivity contribution in [2.75, 3.05) is 5.43 Å². The molecule has 0 aromatic carbocycles. The van der Waals surface area contributed by atoms with Crippen LogP contribution in [0.25, 0.3) is 0 Å². The molecule has 58 valence electrons. The van der Waals surface area contributed by atoms with Crippen LogP contribution in [-0.2, 0) is 0 Å². The number of nitrogens with one attached hydrogen (secondary N) is 2. The molecule has 1 heterocycles. The van der Waals surface area contributed by atoms with Crippen LogP contribution in [0.5, 0.6) is 0 Å². The summed E-state index contributed by atoms with van der Waals surface area (Å²) in [6.07, 6.45) is 1.81. The Morgan fingerprint density at radius 2 is 2.09 bits per heavy atom. The Morgan fingerprint density at radius 1 is 1.45 bits per heavy atom. The lowest BCUT2D eigenvalue weighted by atomic mass is 10.7. The van der Waals surface area contributed by atoms with Crippen molar-refractivity contribution in [2.45, 2.75) is 0 Å². The number of amides is 1. The summed E-state index contributed by atoms with van der Waals surface area (Å²) < 4.78 is 0. The van der Waals surface area contributed by atoms with Crippen molar-refractivity contribution in [1.82, 2.24) is 15.4 Å². The molecule has 1 amide bonds. The summed E-state index contributed by atoms with van der Waals surface area (Å²) in [5.41, 5.74) is 4.18. The topological polar surface area (TPSA) is 87.1 Å². The molecule has 0 radical (unpaired) electrons. The lowest BCUT2D eigenvalue weighted by Gasteiger charge is -2.00. The Balaban J connectivity index is 2.45. The van der Waals surface area contributed by atoms with Gasteiger partial charge in [-0.25, -0.2) is 20.2 Å². The van der Waals surface area contributed by atoms with E-state index in [0.29, 0.717) is 0 Å². The Labute approximate surface area is 62.3 Å². The van der Waals surface area contributed by atoms with Gasteiger partial charge in [-0.3, -0.25) is 5.43 Å². The van der Waals surface area contributed by atoms with E-state index in [1.807, 2.05) is 5.43 Å². The zero-order chi connectivity index (χ0) is 8.10. The fraction of sp³-hybridized carbons (Fsp3) is 0. The molecule has 1 aromatic rings. The molecule has 6 nitrogen and oxygen atoms in total. The van der Waals surface area contributed by atoms with Crippen LogP contribution in [0.2, 0.25) is 0 Å². The SMILES string of the molecule is O=C(O)NNc1ncccn1. The molecule has 0 saturated carbocycles. The van der Waals surface area contributed by atoms with Gasteiger partial charge in [-0.05, 0) is 6.07 Å². The highest BCUT2D eigenvalue weighted by Gasteiger charge is 1.93. The number of hydrogen-bond donors (Lipinski definition) is 3. The molecule has 11 heavy (non-hydrogen) atoms. The van der Waals surface area contributed by atoms with Gasteiger partial charge in [-0.1, -0.05) is 0 Å². The fourth-order valence-electron chi connectivity index (χ4n) is 0.473. The summed E-state index contributed by atoms with van der Waals surface area (Å²) in [5.74, 6) is 0.218. The largest absolute Gasteiger partial charge is 0.464 e. The van der Waals surface area contributed by atoms with E-state index in [4.69, 9.17) is 5.11 Å². The highest BCUT2D eigenvalue weighted by Crippen LogP contribution is 1.89. The van der Waals surface area contributed by atoms with Crippen LogP contribution < -0.4 is 10.9 Å². The minimum atomic E-state index is -1.18. The van der Waals surface area contributed by atoms with E-state index in [0.717, 1.165) is 0 Å². The molecule has 6 heteroatoms. The van der Waals surface area contributed by atoms with E-state index >= 15 is 0 Å². The van der Waals surface area contributed by atoms with Gasteiger partial charge in [-0.2, -0.15) is 0 Å². The van der Waals surface area contributed by atoms with Crippen molar-refractivity contribution in [3.8, 4) is 0 Å². The molecule has 0 aliphatic heterocycles. The van der Waals surface area contributed by atoms with Crippen molar-refractivity contribution in [3.05, 3.63) is 18.5 Å². The fourth-order valence-corrected chi connectivity index (χ4v) is 0.473. The number of hydrogen-bond acceptors (Lipinski definition) is 4. The van der Waals surface area contributed by atoms with E-state index in [2.05, 4.69) is 15.4 Å². The van der Waals surface area contributed by atoms with Crippen molar-refractivity contribution in [2.24, 2.45) is 0 Å². The average molecular weight is 154 g/mol. The third-order valence-corrected chi connectivity index (χ3v) is 0.847. The van der Waals surface area contributed by atoms with Crippen LogP contribution in [0.1, 0.15) is 0 Å². The standard InChI is InChI=1S/C5H6N4O2/c10-5(11)9-8-4-6-2-1-3-7-4/h1-3,9H,(H,10,11)(H,6,7,8). The predicted molar refractivity (Wildman–Crippen MR) is 36.8 cm³/mol. The molecule has 0 fully saturated rings. The predicted octanol–water partition coefficient (Wildman–Crippen LogP) is 0.0711. The first-order valence-electron chi connectivity index (χ1n) is 2.81. The number of carbonyl (C=O) groups is 1. The van der Waals surface area contributed by atoms with Gasteiger partial charge in [-0.15, -0.1) is 0 Å².